The molecule has 1 aromatic rings. The first-order valence-corrected chi connectivity index (χ1v) is 7.59. The van der Waals surface area contributed by atoms with E-state index in [4.69, 9.17) is 10.7 Å². The van der Waals surface area contributed by atoms with E-state index in [0.29, 0.717) is 5.92 Å². The van der Waals surface area contributed by atoms with Gasteiger partial charge in [0.15, 0.2) is 0 Å². The van der Waals surface area contributed by atoms with Gasteiger partial charge in [0.05, 0.1) is 0 Å². The second kappa shape index (κ2) is 4.00. The van der Waals surface area contributed by atoms with Gasteiger partial charge >= 0.3 is 0 Å². The van der Waals surface area contributed by atoms with Gasteiger partial charge < -0.3 is 0 Å². The van der Waals surface area contributed by atoms with E-state index in [1.54, 1.807) is 4.57 Å². The van der Waals surface area contributed by atoms with Gasteiger partial charge in [-0.15, -0.1) is 10.2 Å². The minimum absolute atomic E-state index is 0.104. The highest BCUT2D eigenvalue weighted by atomic mass is 35.7. The molecule has 7 heteroatoms. The van der Waals surface area contributed by atoms with Crippen molar-refractivity contribution in [3.8, 4) is 0 Å². The number of aromatic nitrogens is 3. The molecular weight excluding hydrogens is 250 g/mol. The Morgan fingerprint density at radius 3 is 2.50 bits per heavy atom. The van der Waals surface area contributed by atoms with Crippen molar-refractivity contribution in [2.24, 2.45) is 5.92 Å². The molecule has 2 rings (SSSR count). The molecule has 1 saturated carbocycles. The topological polar surface area (TPSA) is 64.8 Å². The van der Waals surface area contributed by atoms with E-state index >= 15 is 0 Å². The smallest absolute Gasteiger partial charge is 0.296 e. The fourth-order valence-electron chi connectivity index (χ4n) is 1.68. The fraction of sp³-hybridized carbons (Fsp3) is 0.778. The van der Waals surface area contributed by atoms with Crippen LogP contribution in [0.5, 0.6) is 0 Å². The van der Waals surface area contributed by atoms with Gasteiger partial charge in [-0.1, -0.05) is 13.8 Å². The Balaban J connectivity index is 2.44. The van der Waals surface area contributed by atoms with Crippen molar-refractivity contribution in [1.82, 2.24) is 14.8 Å². The third-order valence-electron chi connectivity index (χ3n) is 2.46. The van der Waals surface area contributed by atoms with Crippen molar-refractivity contribution in [3.05, 3.63) is 5.82 Å². The predicted molar refractivity (Wildman–Crippen MR) is 59.9 cm³/mol. The quantitative estimate of drug-likeness (QED) is 0.776. The maximum Gasteiger partial charge on any atom is 0.296 e. The van der Waals surface area contributed by atoms with E-state index in [2.05, 4.69) is 24.0 Å². The van der Waals surface area contributed by atoms with Crippen LogP contribution in [0.2, 0.25) is 0 Å². The number of hydrogen-bond acceptors (Lipinski definition) is 4. The molecule has 90 valence electrons. The SMILES string of the molecule is CC(C)Cc1nnc(S(=O)(=O)Cl)n1C1CC1. The molecule has 1 heterocycles. The van der Waals surface area contributed by atoms with Gasteiger partial charge in [0.2, 0.25) is 0 Å². The average molecular weight is 264 g/mol. The minimum atomic E-state index is -3.79. The number of nitrogens with zero attached hydrogens (tertiary/aromatic N) is 3. The van der Waals surface area contributed by atoms with Crippen molar-refractivity contribution in [1.29, 1.82) is 0 Å². The van der Waals surface area contributed by atoms with E-state index in [0.717, 1.165) is 25.1 Å². The van der Waals surface area contributed by atoms with Gasteiger partial charge in [-0.25, -0.2) is 8.42 Å². The van der Waals surface area contributed by atoms with Crippen LogP contribution in [0.15, 0.2) is 5.16 Å². The maximum atomic E-state index is 11.3. The summed E-state index contributed by atoms with van der Waals surface area (Å²) in [6.45, 7) is 4.11. The first-order valence-electron chi connectivity index (χ1n) is 5.28. The summed E-state index contributed by atoms with van der Waals surface area (Å²) in [5.41, 5.74) is 0. The molecule has 0 atom stereocenters. The molecule has 0 amide bonds. The molecule has 0 N–H and O–H groups in total. The fourth-order valence-corrected chi connectivity index (χ4v) is 2.62. The molecule has 1 aliphatic rings. The number of rotatable bonds is 4. The predicted octanol–water partition coefficient (Wildman–Crippen LogP) is 1.74. The molecule has 0 spiro atoms. The molecule has 16 heavy (non-hydrogen) atoms. The Kier molecular flexibility index (Phi) is 2.96. The lowest BCUT2D eigenvalue weighted by Gasteiger charge is -2.08. The summed E-state index contributed by atoms with van der Waals surface area (Å²) in [6.07, 6.45) is 2.67. The second-order valence-corrected chi connectivity index (χ2v) is 7.00. The van der Waals surface area contributed by atoms with Gasteiger partial charge in [0, 0.05) is 23.1 Å². The molecule has 0 aliphatic heterocycles. The molecule has 0 radical (unpaired) electrons. The molecule has 5 nitrogen and oxygen atoms in total. The monoisotopic (exact) mass is 263 g/mol. The third-order valence-corrected chi connectivity index (χ3v) is 3.58. The third kappa shape index (κ3) is 2.38. The van der Waals surface area contributed by atoms with E-state index in [9.17, 15) is 8.42 Å². The standard InChI is InChI=1S/C9H14ClN3O2S/c1-6(2)5-8-11-12-9(16(10,14)15)13(8)7-3-4-7/h6-7H,3-5H2,1-2H3. The van der Waals surface area contributed by atoms with Gasteiger partial charge in [-0.05, 0) is 18.8 Å². The second-order valence-electron chi connectivity index (χ2n) is 4.54. The van der Waals surface area contributed by atoms with Crippen LogP contribution in [0.1, 0.15) is 38.6 Å². The van der Waals surface area contributed by atoms with Crippen LogP contribution in [0.3, 0.4) is 0 Å². The van der Waals surface area contributed by atoms with Gasteiger partial charge in [-0.2, -0.15) is 0 Å². The summed E-state index contributed by atoms with van der Waals surface area (Å²) >= 11 is 0. The van der Waals surface area contributed by atoms with Crippen LogP contribution < -0.4 is 0 Å². The minimum Gasteiger partial charge on any atom is -0.298 e. The van der Waals surface area contributed by atoms with Crippen LogP contribution in [-0.2, 0) is 15.5 Å². The maximum absolute atomic E-state index is 11.3. The van der Waals surface area contributed by atoms with Crippen molar-refractivity contribution in [2.75, 3.05) is 0 Å². The summed E-state index contributed by atoms with van der Waals surface area (Å²) in [5, 5.41) is 7.52. The lowest BCUT2D eigenvalue weighted by Crippen LogP contribution is -2.10. The van der Waals surface area contributed by atoms with Gasteiger partial charge in [-0.3, -0.25) is 4.57 Å². The average Bonchev–Trinajstić information content (AvgIpc) is 2.86. The Bertz CT molecular complexity index is 491. The van der Waals surface area contributed by atoms with Gasteiger partial charge in [0.25, 0.3) is 14.2 Å². The van der Waals surface area contributed by atoms with Crippen molar-refractivity contribution < 1.29 is 8.42 Å². The summed E-state index contributed by atoms with van der Waals surface area (Å²) < 4.78 is 24.3. The van der Waals surface area contributed by atoms with Crippen molar-refractivity contribution in [3.63, 3.8) is 0 Å². The van der Waals surface area contributed by atoms with Crippen molar-refractivity contribution in [2.45, 2.75) is 44.3 Å². The zero-order chi connectivity index (χ0) is 11.9. The Morgan fingerprint density at radius 1 is 1.44 bits per heavy atom. The highest BCUT2D eigenvalue weighted by Crippen LogP contribution is 2.38. The van der Waals surface area contributed by atoms with Crippen molar-refractivity contribution >= 4 is 19.7 Å². The molecule has 0 unspecified atom stereocenters. The zero-order valence-electron chi connectivity index (χ0n) is 9.22. The first kappa shape index (κ1) is 11.9. The highest BCUT2D eigenvalue weighted by Gasteiger charge is 2.33. The largest absolute Gasteiger partial charge is 0.298 e. The number of halogens is 1. The normalized spacial score (nSPS) is 17.0. The van der Waals surface area contributed by atoms with Crippen LogP contribution in [0.25, 0.3) is 0 Å². The lowest BCUT2D eigenvalue weighted by atomic mass is 10.1. The van der Waals surface area contributed by atoms with Crippen LogP contribution in [0, 0.1) is 5.92 Å². The van der Waals surface area contributed by atoms with E-state index in [1.807, 2.05) is 0 Å². The lowest BCUT2D eigenvalue weighted by molar-refractivity contribution is 0.544. The molecule has 1 aromatic heterocycles. The first-order chi connectivity index (χ1) is 7.39. The highest BCUT2D eigenvalue weighted by molar-refractivity contribution is 8.13. The molecule has 1 aliphatic carbocycles. The summed E-state index contributed by atoms with van der Waals surface area (Å²) in [6, 6.07) is 0.215. The Labute approximate surface area is 99.2 Å². The van der Waals surface area contributed by atoms with E-state index in [1.165, 1.54) is 0 Å². The number of hydrogen-bond donors (Lipinski definition) is 0. The van der Waals surface area contributed by atoms with Crippen LogP contribution in [0.4, 0.5) is 0 Å². The molecule has 1 fully saturated rings. The summed E-state index contributed by atoms with van der Waals surface area (Å²) in [7, 11) is 1.54. The Hall–Kier alpha value is -0.620. The summed E-state index contributed by atoms with van der Waals surface area (Å²) in [5.74, 6) is 1.13. The molecular formula is C9H14ClN3O2S. The zero-order valence-corrected chi connectivity index (χ0v) is 10.8. The van der Waals surface area contributed by atoms with Crippen LogP contribution >= 0.6 is 10.7 Å². The Morgan fingerprint density at radius 2 is 2.06 bits per heavy atom. The van der Waals surface area contributed by atoms with Crippen LogP contribution in [-0.4, -0.2) is 23.2 Å². The van der Waals surface area contributed by atoms with E-state index < -0.39 is 9.05 Å². The van der Waals surface area contributed by atoms with E-state index in [-0.39, 0.29) is 11.2 Å². The molecule has 0 bridgehead atoms. The molecule has 0 saturated heterocycles. The molecule has 0 aromatic carbocycles. The summed E-state index contributed by atoms with van der Waals surface area (Å²) in [4.78, 5) is 0. The van der Waals surface area contributed by atoms with Gasteiger partial charge in [0.1, 0.15) is 5.82 Å².